The number of rotatable bonds is 2. The van der Waals surface area contributed by atoms with Gasteiger partial charge in [-0.1, -0.05) is 0 Å². The maximum Gasteiger partial charge on any atom is 0.236 e. The van der Waals surface area contributed by atoms with Gasteiger partial charge in [-0.2, -0.15) is 0 Å². The molecule has 1 aliphatic rings. The van der Waals surface area contributed by atoms with Gasteiger partial charge in [0.1, 0.15) is 6.33 Å². The van der Waals surface area contributed by atoms with Crippen LogP contribution in [-0.4, -0.2) is 59.4 Å². The van der Waals surface area contributed by atoms with E-state index in [9.17, 15) is 4.79 Å². The second-order valence-corrected chi connectivity index (χ2v) is 5.00. The highest BCUT2D eigenvalue weighted by Gasteiger charge is 2.20. The van der Waals surface area contributed by atoms with Gasteiger partial charge in [-0.25, -0.2) is 9.97 Å². The topological polar surface area (TPSA) is 49.3 Å². The summed E-state index contributed by atoms with van der Waals surface area (Å²) in [6.07, 6.45) is 3.31. The molecule has 0 unspecified atom stereocenters. The first kappa shape index (κ1) is 13.0. The maximum absolute atomic E-state index is 12.0. The molecule has 1 amide bonds. The first-order valence-corrected chi connectivity index (χ1v) is 6.30. The summed E-state index contributed by atoms with van der Waals surface area (Å²) in [5.41, 5.74) is 3.36. The molecule has 0 atom stereocenters. The quantitative estimate of drug-likeness (QED) is 0.754. The van der Waals surface area contributed by atoms with E-state index in [1.165, 1.54) is 5.56 Å². The summed E-state index contributed by atoms with van der Waals surface area (Å²) < 4.78 is 0. The predicted octanol–water partition coefficient (Wildman–Crippen LogP) is 0.274. The minimum atomic E-state index is 0.193. The van der Waals surface area contributed by atoms with Gasteiger partial charge >= 0.3 is 0 Å². The van der Waals surface area contributed by atoms with Crippen molar-refractivity contribution in [3.05, 3.63) is 23.3 Å². The van der Waals surface area contributed by atoms with Crippen molar-refractivity contribution < 1.29 is 4.79 Å². The number of carbonyl (C=O) groups is 1. The van der Waals surface area contributed by atoms with Crippen LogP contribution < -0.4 is 0 Å². The lowest BCUT2D eigenvalue weighted by atomic mass is 10.1. The number of aryl methyl sites for hydroxylation is 1. The first-order chi connectivity index (χ1) is 8.58. The monoisotopic (exact) mass is 248 g/mol. The van der Waals surface area contributed by atoms with Crippen molar-refractivity contribution in [1.82, 2.24) is 19.8 Å². The van der Waals surface area contributed by atoms with Gasteiger partial charge < -0.3 is 9.80 Å². The zero-order chi connectivity index (χ0) is 13.1. The minimum Gasteiger partial charge on any atom is -0.341 e. The number of fused-ring (bicyclic) bond motifs is 1. The zero-order valence-electron chi connectivity index (χ0n) is 11.3. The molecule has 5 heteroatoms. The Morgan fingerprint density at radius 1 is 1.33 bits per heavy atom. The van der Waals surface area contributed by atoms with Crippen LogP contribution in [0.5, 0.6) is 0 Å². The van der Waals surface area contributed by atoms with Crippen LogP contribution in [-0.2, 0) is 17.6 Å². The van der Waals surface area contributed by atoms with E-state index in [4.69, 9.17) is 0 Å². The van der Waals surface area contributed by atoms with Crippen LogP contribution in [0.25, 0.3) is 0 Å². The SMILES string of the molecule is Cc1ncnc2c1CCN(C(=O)CN(C)C)CC2. The number of aromatic nitrogens is 2. The Bertz CT molecular complexity index is 445. The highest BCUT2D eigenvalue weighted by atomic mass is 16.2. The fraction of sp³-hybridized carbons (Fsp3) is 0.615. The molecule has 0 aromatic carbocycles. The summed E-state index contributed by atoms with van der Waals surface area (Å²) in [5.74, 6) is 0.193. The predicted molar refractivity (Wildman–Crippen MR) is 69.3 cm³/mol. The molecule has 1 aromatic heterocycles. The van der Waals surface area contributed by atoms with E-state index in [1.807, 2.05) is 30.8 Å². The van der Waals surface area contributed by atoms with Crippen molar-refractivity contribution >= 4 is 5.91 Å². The Labute approximate surface area is 108 Å². The summed E-state index contributed by atoms with van der Waals surface area (Å²) in [6, 6.07) is 0. The highest BCUT2D eigenvalue weighted by Crippen LogP contribution is 2.15. The van der Waals surface area contributed by atoms with Crippen molar-refractivity contribution in [1.29, 1.82) is 0 Å². The Balaban J connectivity index is 2.08. The van der Waals surface area contributed by atoms with Gasteiger partial charge in [0.15, 0.2) is 0 Å². The van der Waals surface area contributed by atoms with Gasteiger partial charge in [0.05, 0.1) is 6.54 Å². The Hall–Kier alpha value is -1.49. The second kappa shape index (κ2) is 5.44. The molecule has 18 heavy (non-hydrogen) atoms. The Morgan fingerprint density at radius 2 is 2.06 bits per heavy atom. The normalized spacial score (nSPS) is 15.4. The average molecular weight is 248 g/mol. The van der Waals surface area contributed by atoms with E-state index in [1.54, 1.807) is 6.33 Å². The molecule has 0 N–H and O–H groups in total. The second-order valence-electron chi connectivity index (χ2n) is 5.00. The van der Waals surface area contributed by atoms with E-state index >= 15 is 0 Å². The van der Waals surface area contributed by atoms with Crippen molar-refractivity contribution in [3.63, 3.8) is 0 Å². The van der Waals surface area contributed by atoms with E-state index in [2.05, 4.69) is 9.97 Å². The fourth-order valence-corrected chi connectivity index (χ4v) is 2.31. The van der Waals surface area contributed by atoms with Crippen LogP contribution >= 0.6 is 0 Å². The van der Waals surface area contributed by atoms with Crippen LogP contribution in [0.2, 0.25) is 0 Å². The molecule has 0 fully saturated rings. The van der Waals surface area contributed by atoms with Gasteiger partial charge in [-0.05, 0) is 33.0 Å². The van der Waals surface area contributed by atoms with Crippen LogP contribution in [0.1, 0.15) is 17.0 Å². The summed E-state index contributed by atoms with van der Waals surface area (Å²) in [4.78, 5) is 24.5. The van der Waals surface area contributed by atoms with Crippen LogP contribution in [0.4, 0.5) is 0 Å². The molecule has 0 spiro atoms. The highest BCUT2D eigenvalue weighted by molar-refractivity contribution is 5.78. The molecule has 0 aliphatic carbocycles. The lowest BCUT2D eigenvalue weighted by Gasteiger charge is -2.22. The zero-order valence-corrected chi connectivity index (χ0v) is 11.3. The number of hydrogen-bond acceptors (Lipinski definition) is 4. The van der Waals surface area contributed by atoms with Crippen molar-refractivity contribution in [2.75, 3.05) is 33.7 Å². The van der Waals surface area contributed by atoms with Crippen LogP contribution in [0.15, 0.2) is 6.33 Å². The standard InChI is InChI=1S/C13H20N4O/c1-10-11-4-6-17(13(18)8-16(2)3)7-5-12(11)15-9-14-10/h9H,4-8H2,1-3H3. The minimum absolute atomic E-state index is 0.193. The number of carbonyl (C=O) groups excluding carboxylic acids is 1. The third kappa shape index (κ3) is 2.85. The Kier molecular flexibility index (Phi) is 3.91. The molecule has 0 saturated carbocycles. The third-order valence-electron chi connectivity index (χ3n) is 3.30. The summed E-state index contributed by atoms with van der Waals surface area (Å²) >= 11 is 0. The van der Waals surface area contributed by atoms with Crippen LogP contribution in [0.3, 0.4) is 0 Å². The number of amides is 1. The van der Waals surface area contributed by atoms with E-state index in [0.717, 1.165) is 37.3 Å². The molecular formula is C13H20N4O. The molecule has 1 aliphatic heterocycles. The lowest BCUT2D eigenvalue weighted by Crippen LogP contribution is -2.39. The molecule has 5 nitrogen and oxygen atoms in total. The molecule has 2 rings (SSSR count). The van der Waals surface area contributed by atoms with E-state index < -0.39 is 0 Å². The van der Waals surface area contributed by atoms with Gasteiger partial charge in [0, 0.05) is 30.9 Å². The van der Waals surface area contributed by atoms with Gasteiger partial charge in [-0.3, -0.25) is 4.79 Å². The van der Waals surface area contributed by atoms with Crippen molar-refractivity contribution in [3.8, 4) is 0 Å². The van der Waals surface area contributed by atoms with Crippen molar-refractivity contribution in [2.24, 2.45) is 0 Å². The van der Waals surface area contributed by atoms with Gasteiger partial charge in [0.2, 0.25) is 5.91 Å². The lowest BCUT2D eigenvalue weighted by molar-refractivity contribution is -0.131. The van der Waals surface area contributed by atoms with Crippen molar-refractivity contribution in [2.45, 2.75) is 19.8 Å². The largest absolute Gasteiger partial charge is 0.341 e. The maximum atomic E-state index is 12.0. The molecule has 2 heterocycles. The molecule has 0 bridgehead atoms. The average Bonchev–Trinajstić information content (AvgIpc) is 2.51. The number of hydrogen-bond donors (Lipinski definition) is 0. The molecule has 1 aromatic rings. The summed E-state index contributed by atoms with van der Waals surface area (Å²) in [5, 5.41) is 0. The molecular weight excluding hydrogens is 228 g/mol. The third-order valence-corrected chi connectivity index (χ3v) is 3.30. The van der Waals surface area contributed by atoms with Gasteiger partial charge in [0.25, 0.3) is 0 Å². The summed E-state index contributed by atoms with van der Waals surface area (Å²) in [6.45, 7) is 4.02. The Morgan fingerprint density at radius 3 is 2.78 bits per heavy atom. The van der Waals surface area contributed by atoms with E-state index in [-0.39, 0.29) is 5.91 Å². The number of likely N-dealkylation sites (N-methyl/N-ethyl adjacent to an activating group) is 1. The summed E-state index contributed by atoms with van der Waals surface area (Å²) in [7, 11) is 3.83. The van der Waals surface area contributed by atoms with E-state index in [0.29, 0.717) is 6.54 Å². The number of nitrogens with zero attached hydrogens (tertiary/aromatic N) is 4. The van der Waals surface area contributed by atoms with Crippen LogP contribution in [0, 0.1) is 6.92 Å². The molecule has 0 saturated heterocycles. The smallest absolute Gasteiger partial charge is 0.236 e. The van der Waals surface area contributed by atoms with Gasteiger partial charge in [-0.15, -0.1) is 0 Å². The first-order valence-electron chi connectivity index (χ1n) is 6.30. The fourth-order valence-electron chi connectivity index (χ4n) is 2.31. The molecule has 98 valence electrons. The molecule has 0 radical (unpaired) electrons.